The van der Waals surface area contributed by atoms with E-state index >= 15 is 0 Å². The summed E-state index contributed by atoms with van der Waals surface area (Å²) in [5.74, 6) is 0.862. The van der Waals surface area contributed by atoms with Gasteiger partial charge in [0.25, 0.3) is 5.91 Å². The normalized spacial score (nSPS) is 13.0. The van der Waals surface area contributed by atoms with Gasteiger partial charge in [-0.05, 0) is 85.7 Å². The van der Waals surface area contributed by atoms with Crippen LogP contribution in [0.3, 0.4) is 0 Å². The third kappa shape index (κ3) is 8.38. The predicted octanol–water partition coefficient (Wildman–Crippen LogP) is 7.32. The van der Waals surface area contributed by atoms with E-state index in [0.29, 0.717) is 35.1 Å². The quantitative estimate of drug-likeness (QED) is 0.143. The number of carboxylic acids is 1. The van der Waals surface area contributed by atoms with Crippen LogP contribution in [0.1, 0.15) is 58.3 Å². The monoisotopic (exact) mass is 609 g/mol. The summed E-state index contributed by atoms with van der Waals surface area (Å²) in [5, 5.41) is 15.5. The minimum Gasteiger partial charge on any atom is -0.481 e. The van der Waals surface area contributed by atoms with Crippen molar-refractivity contribution in [3.63, 3.8) is 0 Å². The zero-order valence-electron chi connectivity index (χ0n) is 25.3. The molecule has 9 heteroatoms. The van der Waals surface area contributed by atoms with Crippen LogP contribution in [-0.4, -0.2) is 45.8 Å². The zero-order chi connectivity index (χ0) is 30.9. The van der Waals surface area contributed by atoms with Crippen molar-refractivity contribution in [3.05, 3.63) is 101 Å². The molecule has 0 saturated carbocycles. The summed E-state index contributed by atoms with van der Waals surface area (Å²) in [6.07, 6.45) is 5.25. The Morgan fingerprint density at radius 1 is 0.909 bits per heavy atom. The summed E-state index contributed by atoms with van der Waals surface area (Å²) >= 11 is 1.54. The second kappa shape index (κ2) is 14.9. The molecular weight excluding hydrogens is 570 g/mol. The second-order valence-electron chi connectivity index (χ2n) is 11.2. The Kier molecular flexibility index (Phi) is 10.5. The highest BCUT2D eigenvalue weighted by Crippen LogP contribution is 2.33. The average molecular weight is 610 g/mol. The van der Waals surface area contributed by atoms with Crippen molar-refractivity contribution in [2.24, 2.45) is 0 Å². The summed E-state index contributed by atoms with van der Waals surface area (Å²) < 4.78 is 0. The second-order valence-corrected chi connectivity index (χ2v) is 12.3. The van der Waals surface area contributed by atoms with Crippen LogP contribution in [-0.2, 0) is 17.1 Å². The number of piperidine rings is 1. The Balaban J connectivity index is 1.38. The highest BCUT2D eigenvalue weighted by molar-refractivity contribution is 7.98. The van der Waals surface area contributed by atoms with Gasteiger partial charge in [-0.1, -0.05) is 30.3 Å². The Bertz CT molecular complexity index is 1620. The number of benzene rings is 3. The number of nitrogens with one attached hydrogen (secondary N) is 2. The molecule has 5 rings (SSSR count). The Morgan fingerprint density at radius 3 is 2.55 bits per heavy atom. The molecule has 8 nitrogen and oxygen atoms in total. The van der Waals surface area contributed by atoms with Crippen molar-refractivity contribution in [2.45, 2.75) is 51.8 Å². The summed E-state index contributed by atoms with van der Waals surface area (Å²) in [6, 6.07) is 22.0. The fourth-order valence-corrected chi connectivity index (χ4v) is 6.13. The third-order valence-corrected chi connectivity index (χ3v) is 8.91. The van der Waals surface area contributed by atoms with Gasteiger partial charge in [-0.2, -0.15) is 11.8 Å². The highest BCUT2D eigenvalue weighted by Gasteiger charge is 2.17. The van der Waals surface area contributed by atoms with Gasteiger partial charge < -0.3 is 20.6 Å². The Labute approximate surface area is 263 Å². The Morgan fingerprint density at radius 2 is 1.75 bits per heavy atom. The van der Waals surface area contributed by atoms with Crippen LogP contribution in [0, 0.1) is 13.8 Å². The van der Waals surface area contributed by atoms with Gasteiger partial charge in [0.2, 0.25) is 0 Å². The van der Waals surface area contributed by atoms with E-state index in [4.69, 9.17) is 5.11 Å². The number of carbonyl (C=O) groups is 2. The van der Waals surface area contributed by atoms with Crippen LogP contribution in [0.25, 0.3) is 11.3 Å². The minimum atomic E-state index is -0.805. The van der Waals surface area contributed by atoms with Gasteiger partial charge in [-0.15, -0.1) is 0 Å². The molecule has 1 aliphatic heterocycles. The maximum atomic E-state index is 13.5. The molecular formula is C35H39N5O3S. The zero-order valence-corrected chi connectivity index (χ0v) is 26.1. The number of aromatic nitrogens is 2. The first kappa shape index (κ1) is 31.1. The lowest BCUT2D eigenvalue weighted by molar-refractivity contribution is -0.136. The van der Waals surface area contributed by atoms with E-state index in [1.165, 1.54) is 36.0 Å². The molecule has 0 atom stereocenters. The SMILES string of the molecule is Cc1ccc(CNc2cc(-c3cc(N4CCCCC4)ccc3NC(=O)c3cccc(CSCCC(=O)O)c3)ncn2)cc1C. The number of nitrogens with zero attached hydrogens (tertiary/aromatic N) is 3. The van der Waals surface area contributed by atoms with Crippen LogP contribution in [0.15, 0.2) is 73.1 Å². The summed E-state index contributed by atoms with van der Waals surface area (Å²) in [5.41, 5.74) is 8.56. The van der Waals surface area contributed by atoms with Gasteiger partial charge >= 0.3 is 5.97 Å². The number of amides is 1. The lowest BCUT2D eigenvalue weighted by atomic mass is 10.0. The van der Waals surface area contributed by atoms with Gasteiger partial charge in [-0.25, -0.2) is 9.97 Å². The summed E-state index contributed by atoms with van der Waals surface area (Å²) in [4.78, 5) is 35.8. The van der Waals surface area contributed by atoms with E-state index in [2.05, 4.69) is 69.7 Å². The first-order chi connectivity index (χ1) is 21.4. The molecule has 1 fully saturated rings. The fourth-order valence-electron chi connectivity index (χ4n) is 5.26. The molecule has 1 aliphatic rings. The van der Waals surface area contributed by atoms with Crippen LogP contribution in [0.4, 0.5) is 17.2 Å². The molecule has 2 heterocycles. The first-order valence-corrected chi connectivity index (χ1v) is 16.2. The number of hydrogen-bond acceptors (Lipinski definition) is 7. The summed E-state index contributed by atoms with van der Waals surface area (Å²) in [7, 11) is 0. The third-order valence-electron chi connectivity index (χ3n) is 7.88. The molecule has 0 spiro atoms. The van der Waals surface area contributed by atoms with Crippen molar-refractivity contribution in [1.82, 2.24) is 9.97 Å². The van der Waals surface area contributed by atoms with Crippen LogP contribution in [0.2, 0.25) is 0 Å². The molecule has 0 radical (unpaired) electrons. The molecule has 4 aromatic rings. The number of anilines is 3. The molecule has 1 amide bonds. The number of aryl methyl sites for hydroxylation is 2. The molecule has 1 saturated heterocycles. The Hall–Kier alpha value is -4.37. The largest absolute Gasteiger partial charge is 0.481 e. The van der Waals surface area contributed by atoms with Gasteiger partial charge in [0, 0.05) is 54.0 Å². The van der Waals surface area contributed by atoms with Crippen molar-refractivity contribution in [2.75, 3.05) is 34.4 Å². The van der Waals surface area contributed by atoms with E-state index in [1.54, 1.807) is 24.2 Å². The molecule has 0 aliphatic carbocycles. The number of carbonyl (C=O) groups excluding carboxylic acids is 1. The van der Waals surface area contributed by atoms with E-state index in [0.717, 1.165) is 35.6 Å². The lowest BCUT2D eigenvalue weighted by Crippen LogP contribution is -2.29. The van der Waals surface area contributed by atoms with E-state index in [1.807, 2.05) is 30.3 Å². The van der Waals surface area contributed by atoms with Gasteiger partial charge in [0.1, 0.15) is 12.1 Å². The van der Waals surface area contributed by atoms with E-state index in [-0.39, 0.29) is 12.3 Å². The van der Waals surface area contributed by atoms with E-state index in [9.17, 15) is 9.59 Å². The smallest absolute Gasteiger partial charge is 0.304 e. The molecule has 228 valence electrons. The molecule has 3 aromatic carbocycles. The molecule has 1 aromatic heterocycles. The average Bonchev–Trinajstić information content (AvgIpc) is 3.04. The first-order valence-electron chi connectivity index (χ1n) is 15.1. The molecule has 0 bridgehead atoms. The number of aliphatic carboxylic acids is 1. The minimum absolute atomic E-state index is 0.118. The van der Waals surface area contributed by atoms with E-state index < -0.39 is 5.97 Å². The van der Waals surface area contributed by atoms with Crippen molar-refractivity contribution >= 4 is 40.8 Å². The molecule has 0 unspecified atom stereocenters. The maximum absolute atomic E-state index is 13.5. The fraction of sp³-hybridized carbons (Fsp3) is 0.314. The van der Waals surface area contributed by atoms with Gasteiger partial charge in [0.05, 0.1) is 17.8 Å². The highest BCUT2D eigenvalue weighted by atomic mass is 32.2. The molecule has 44 heavy (non-hydrogen) atoms. The maximum Gasteiger partial charge on any atom is 0.304 e. The van der Waals surface area contributed by atoms with Crippen LogP contribution >= 0.6 is 11.8 Å². The van der Waals surface area contributed by atoms with Crippen molar-refractivity contribution < 1.29 is 14.7 Å². The lowest BCUT2D eigenvalue weighted by Gasteiger charge is -2.29. The molecule has 3 N–H and O–H groups in total. The van der Waals surface area contributed by atoms with Gasteiger partial charge in [0.15, 0.2) is 0 Å². The standard InChI is InChI=1S/C35H39N5O3S/c1-24-9-10-26(17-25(24)2)21-36-33-20-32(37-23-38-33)30-19-29(40-14-4-3-5-15-40)11-12-31(30)39-35(43)28-8-6-7-27(18-28)22-44-16-13-34(41)42/h6-12,17-20,23H,3-5,13-16,21-22H2,1-2H3,(H,39,43)(H,41,42)(H,36,37,38). The van der Waals surface area contributed by atoms with Gasteiger partial charge in [-0.3, -0.25) is 9.59 Å². The van der Waals surface area contributed by atoms with Crippen LogP contribution in [0.5, 0.6) is 0 Å². The number of rotatable bonds is 12. The number of thioether (sulfide) groups is 1. The number of hydrogen-bond donors (Lipinski definition) is 3. The number of carboxylic acid groups (broad SMARTS) is 1. The topological polar surface area (TPSA) is 107 Å². The van der Waals surface area contributed by atoms with Crippen molar-refractivity contribution in [3.8, 4) is 11.3 Å². The predicted molar refractivity (Wildman–Crippen MR) is 180 cm³/mol. The van der Waals surface area contributed by atoms with Crippen LogP contribution < -0.4 is 15.5 Å². The van der Waals surface area contributed by atoms with Crippen molar-refractivity contribution in [1.29, 1.82) is 0 Å². The summed E-state index contributed by atoms with van der Waals surface area (Å²) in [6.45, 7) is 6.88.